The summed E-state index contributed by atoms with van der Waals surface area (Å²) in [4.78, 5) is 9.57. The van der Waals surface area contributed by atoms with Crippen LogP contribution in [0.1, 0.15) is 13.3 Å². The third kappa shape index (κ3) is 4.67. The fourth-order valence-electron chi connectivity index (χ4n) is 0.644. The highest BCUT2D eigenvalue weighted by molar-refractivity contribution is 6.67. The number of rotatable bonds is 3. The van der Waals surface area contributed by atoms with Gasteiger partial charge >= 0.3 is 0 Å². The smallest absolute Gasteiger partial charge is 0.210 e. The molecule has 1 unspecified atom stereocenters. The van der Waals surface area contributed by atoms with Crippen LogP contribution in [0.25, 0.3) is 0 Å². The molecule has 3 nitrogen and oxygen atoms in total. The average molecular weight is 220 g/mol. The van der Waals surface area contributed by atoms with E-state index in [4.69, 9.17) is 34.8 Å². The quantitative estimate of drug-likeness (QED) is 0.417. The van der Waals surface area contributed by atoms with E-state index in [0.717, 1.165) is 0 Å². The monoisotopic (exact) mass is 219 g/mol. The molecular weight excluding hydrogens is 212 g/mol. The highest BCUT2D eigenvalue weighted by Crippen LogP contribution is 2.36. The van der Waals surface area contributed by atoms with Crippen molar-refractivity contribution in [1.82, 2.24) is 0 Å². The first kappa shape index (κ1) is 11.3. The summed E-state index contributed by atoms with van der Waals surface area (Å²) >= 11 is 16.4. The Kier molecular flexibility index (Phi) is 4.44. The minimum atomic E-state index is -1.53. The van der Waals surface area contributed by atoms with E-state index in [1.165, 1.54) is 0 Å². The molecule has 0 fully saturated rings. The summed E-state index contributed by atoms with van der Waals surface area (Å²) in [5, 5.41) is 10.0. The van der Waals surface area contributed by atoms with Crippen LogP contribution < -0.4 is 0 Å². The van der Waals surface area contributed by atoms with Crippen molar-refractivity contribution in [3.8, 4) is 0 Å². The molecule has 0 N–H and O–H groups in total. The molecule has 0 heterocycles. The Bertz CT molecular complexity index is 145. The number of hydrogen-bond donors (Lipinski definition) is 0. The molecule has 0 bridgehead atoms. The molecule has 0 aromatic heterocycles. The van der Waals surface area contributed by atoms with Crippen molar-refractivity contribution < 1.29 is 4.92 Å². The maximum Gasteiger partial charge on any atom is 0.210 e. The number of halogens is 3. The number of nitrogens with zero attached hydrogens (tertiary/aromatic N) is 1. The van der Waals surface area contributed by atoms with Crippen molar-refractivity contribution in [3.05, 3.63) is 10.1 Å². The number of alkyl halides is 3. The molecule has 0 amide bonds. The van der Waals surface area contributed by atoms with Crippen LogP contribution in [-0.2, 0) is 0 Å². The van der Waals surface area contributed by atoms with E-state index in [-0.39, 0.29) is 6.54 Å². The highest BCUT2D eigenvalue weighted by Gasteiger charge is 2.34. The molecule has 1 atom stereocenters. The van der Waals surface area contributed by atoms with E-state index in [0.29, 0.717) is 6.42 Å². The van der Waals surface area contributed by atoms with Crippen molar-refractivity contribution in [2.75, 3.05) is 6.54 Å². The fourth-order valence-corrected chi connectivity index (χ4v) is 1.31. The summed E-state index contributed by atoms with van der Waals surface area (Å²) in [6.07, 6.45) is 0.484. The van der Waals surface area contributed by atoms with Crippen molar-refractivity contribution in [1.29, 1.82) is 0 Å². The zero-order chi connectivity index (χ0) is 9.07. The Balaban J connectivity index is 4.07. The van der Waals surface area contributed by atoms with E-state index in [1.807, 2.05) is 0 Å². The van der Waals surface area contributed by atoms with Gasteiger partial charge in [0.05, 0.1) is 5.92 Å². The molecule has 0 saturated carbocycles. The van der Waals surface area contributed by atoms with Gasteiger partial charge in [-0.05, 0) is 6.42 Å². The third-order valence-electron chi connectivity index (χ3n) is 1.33. The molecule has 0 spiro atoms. The van der Waals surface area contributed by atoms with Crippen LogP contribution in [-0.4, -0.2) is 15.3 Å². The first-order valence-electron chi connectivity index (χ1n) is 3.06. The first-order chi connectivity index (χ1) is 4.88. The maximum absolute atomic E-state index is 10.0. The lowest BCUT2D eigenvalue weighted by Crippen LogP contribution is -2.26. The third-order valence-corrected chi connectivity index (χ3v) is 2.25. The SMILES string of the molecule is CCC(C[N+](=O)[O-])C(Cl)(Cl)Cl. The van der Waals surface area contributed by atoms with Crippen LogP contribution >= 0.6 is 34.8 Å². The van der Waals surface area contributed by atoms with Crippen molar-refractivity contribution >= 4 is 34.8 Å². The summed E-state index contributed by atoms with van der Waals surface area (Å²) in [7, 11) is 0. The number of nitro groups is 1. The van der Waals surface area contributed by atoms with Crippen LogP contribution in [0.3, 0.4) is 0 Å². The largest absolute Gasteiger partial charge is 0.265 e. The van der Waals surface area contributed by atoms with Crippen LogP contribution in [0.15, 0.2) is 0 Å². The van der Waals surface area contributed by atoms with Crippen molar-refractivity contribution in [2.45, 2.75) is 17.1 Å². The molecule has 0 radical (unpaired) electrons. The van der Waals surface area contributed by atoms with Crippen molar-refractivity contribution in [2.24, 2.45) is 5.92 Å². The summed E-state index contributed by atoms with van der Waals surface area (Å²) in [5.41, 5.74) is 0. The summed E-state index contributed by atoms with van der Waals surface area (Å²) in [5.74, 6) is -0.512. The molecule has 0 saturated heterocycles. The van der Waals surface area contributed by atoms with Gasteiger partial charge in [0.25, 0.3) is 0 Å². The molecule has 0 aromatic carbocycles. The lowest BCUT2D eigenvalue weighted by atomic mass is 10.1. The second-order valence-electron chi connectivity index (χ2n) is 2.16. The van der Waals surface area contributed by atoms with Gasteiger partial charge in [0.2, 0.25) is 6.54 Å². The molecule has 11 heavy (non-hydrogen) atoms. The molecule has 0 aliphatic carbocycles. The van der Waals surface area contributed by atoms with Crippen molar-refractivity contribution in [3.63, 3.8) is 0 Å². The van der Waals surface area contributed by atoms with Gasteiger partial charge in [-0.1, -0.05) is 41.7 Å². The van der Waals surface area contributed by atoms with E-state index in [2.05, 4.69) is 0 Å². The Morgan fingerprint density at radius 2 is 2.00 bits per heavy atom. The molecule has 6 heteroatoms. The summed E-state index contributed by atoms with van der Waals surface area (Å²) in [6, 6.07) is 0. The van der Waals surface area contributed by atoms with E-state index in [9.17, 15) is 10.1 Å². The normalized spacial score (nSPS) is 14.5. The minimum Gasteiger partial charge on any atom is -0.265 e. The molecule has 0 aliphatic rings. The predicted molar refractivity (Wildman–Crippen MR) is 45.9 cm³/mol. The lowest BCUT2D eigenvalue weighted by molar-refractivity contribution is -0.488. The first-order valence-corrected chi connectivity index (χ1v) is 4.19. The molecule has 0 aliphatic heterocycles. The molecule has 0 aromatic rings. The Morgan fingerprint density at radius 1 is 1.55 bits per heavy atom. The van der Waals surface area contributed by atoms with Gasteiger partial charge < -0.3 is 0 Å². The topological polar surface area (TPSA) is 43.1 Å². The fraction of sp³-hybridized carbons (Fsp3) is 1.00. The molecule has 66 valence electrons. The van der Waals surface area contributed by atoms with E-state index >= 15 is 0 Å². The van der Waals surface area contributed by atoms with Crippen LogP contribution in [0.5, 0.6) is 0 Å². The lowest BCUT2D eigenvalue weighted by Gasteiger charge is -2.18. The zero-order valence-electron chi connectivity index (χ0n) is 5.89. The Labute approximate surface area is 79.8 Å². The van der Waals surface area contributed by atoms with Gasteiger partial charge in [-0.2, -0.15) is 0 Å². The van der Waals surface area contributed by atoms with Crippen LogP contribution in [0.2, 0.25) is 0 Å². The number of hydrogen-bond acceptors (Lipinski definition) is 2. The van der Waals surface area contributed by atoms with E-state index < -0.39 is 14.6 Å². The molecular formula is C5H8Cl3NO2. The van der Waals surface area contributed by atoms with E-state index in [1.54, 1.807) is 6.92 Å². The van der Waals surface area contributed by atoms with Gasteiger partial charge in [-0.15, -0.1) is 0 Å². The summed E-state index contributed by atoms with van der Waals surface area (Å²) < 4.78 is -1.53. The van der Waals surface area contributed by atoms with Gasteiger partial charge in [0.1, 0.15) is 0 Å². The Morgan fingerprint density at radius 3 is 2.09 bits per heavy atom. The average Bonchev–Trinajstić information content (AvgIpc) is 1.79. The zero-order valence-corrected chi connectivity index (χ0v) is 8.16. The second kappa shape index (κ2) is 4.33. The predicted octanol–water partition coefficient (Wildman–Crippen LogP) is 2.66. The minimum absolute atomic E-state index is 0.299. The summed E-state index contributed by atoms with van der Waals surface area (Å²) in [6.45, 7) is 1.45. The van der Waals surface area contributed by atoms with Crippen LogP contribution in [0.4, 0.5) is 0 Å². The van der Waals surface area contributed by atoms with Gasteiger partial charge in [-0.3, -0.25) is 10.1 Å². The highest BCUT2D eigenvalue weighted by atomic mass is 35.6. The van der Waals surface area contributed by atoms with Crippen LogP contribution in [0, 0.1) is 16.0 Å². The standard InChI is InChI=1S/C5H8Cl3NO2/c1-2-4(3-9(10)11)5(6,7)8/h4H,2-3H2,1H3. The molecule has 0 rings (SSSR count). The second-order valence-corrected chi connectivity index (χ2v) is 4.53. The van der Waals surface area contributed by atoms with Gasteiger partial charge in [0.15, 0.2) is 3.79 Å². The van der Waals surface area contributed by atoms with Gasteiger partial charge in [0, 0.05) is 4.92 Å². The Hall–Kier alpha value is 0.270. The van der Waals surface area contributed by atoms with Gasteiger partial charge in [-0.25, -0.2) is 0 Å². The maximum atomic E-state index is 10.0.